The first-order valence-corrected chi connectivity index (χ1v) is 19.1. The Morgan fingerprint density at radius 2 is 1.44 bits per heavy atom. The van der Waals surface area contributed by atoms with Crippen molar-refractivity contribution in [1.29, 1.82) is 0 Å². The second kappa shape index (κ2) is 14.6. The number of ether oxygens (including phenoxy) is 4. The average Bonchev–Trinajstić information content (AvgIpc) is 3.49. The van der Waals surface area contributed by atoms with Gasteiger partial charge in [0.05, 0.1) is 43.2 Å². The molecule has 0 radical (unpaired) electrons. The maximum absolute atomic E-state index is 12.6. The summed E-state index contributed by atoms with van der Waals surface area (Å²) in [5.74, 6) is -0.0687. The molecule has 13 heteroatoms. The van der Waals surface area contributed by atoms with Crippen LogP contribution in [0.15, 0.2) is 0 Å². The molecule has 0 aromatic carbocycles. The Balaban J connectivity index is 1.07. The van der Waals surface area contributed by atoms with Gasteiger partial charge in [-0.2, -0.15) is 0 Å². The second-order valence-electron chi connectivity index (χ2n) is 17.9. The van der Waals surface area contributed by atoms with E-state index in [2.05, 4.69) is 20.8 Å². The minimum atomic E-state index is -1.49. The van der Waals surface area contributed by atoms with E-state index in [1.165, 1.54) is 0 Å². The summed E-state index contributed by atoms with van der Waals surface area (Å²) in [5.41, 5.74) is -1.79. The number of aliphatic hydroxyl groups excluding tert-OH is 8. The van der Waals surface area contributed by atoms with Gasteiger partial charge in [0.1, 0.15) is 36.6 Å². The topological polar surface area (TPSA) is 219 Å². The lowest BCUT2D eigenvalue weighted by Gasteiger charge is -2.66. The van der Waals surface area contributed by atoms with Crippen LogP contribution in [0.1, 0.15) is 92.4 Å². The van der Waals surface area contributed by atoms with Crippen LogP contribution < -0.4 is 0 Å². The summed E-state index contributed by atoms with van der Waals surface area (Å²) in [6.07, 6.45) is -6.40. The molecule has 13 nitrogen and oxygen atoms in total. The molecule has 2 aliphatic heterocycles. The highest BCUT2D eigenvalue weighted by Gasteiger charge is 2.70. The first-order chi connectivity index (χ1) is 23.4. The number of rotatable bonds is 10. The quantitative estimate of drug-likeness (QED) is 0.150. The summed E-state index contributed by atoms with van der Waals surface area (Å²) in [4.78, 5) is 0. The van der Waals surface area contributed by atoms with Crippen LogP contribution in [0.25, 0.3) is 0 Å². The van der Waals surface area contributed by atoms with E-state index in [1.807, 2.05) is 13.8 Å². The van der Waals surface area contributed by atoms with Crippen LogP contribution in [0.4, 0.5) is 0 Å². The first kappa shape index (κ1) is 39.2. The van der Waals surface area contributed by atoms with Crippen molar-refractivity contribution >= 4 is 0 Å². The molecule has 0 bridgehead atoms. The zero-order valence-electron chi connectivity index (χ0n) is 30.3. The molecule has 4 aliphatic carbocycles. The summed E-state index contributed by atoms with van der Waals surface area (Å²) in [6.45, 7) is 10.2. The van der Waals surface area contributed by atoms with Gasteiger partial charge < -0.3 is 64.9 Å². The molecule has 4 saturated carbocycles. The van der Waals surface area contributed by atoms with Gasteiger partial charge in [0.2, 0.25) is 0 Å². The summed E-state index contributed by atoms with van der Waals surface area (Å²) >= 11 is 0. The highest BCUT2D eigenvalue weighted by atomic mass is 16.7. The van der Waals surface area contributed by atoms with Gasteiger partial charge >= 0.3 is 0 Å². The molecule has 0 spiro atoms. The van der Waals surface area contributed by atoms with E-state index in [0.29, 0.717) is 25.7 Å². The maximum Gasteiger partial charge on any atom is 0.186 e. The minimum absolute atomic E-state index is 0.0430. The van der Waals surface area contributed by atoms with E-state index in [0.717, 1.165) is 25.7 Å². The number of hydrogen-bond donors (Lipinski definition) is 9. The normalized spacial score (nSPS) is 53.5. The third-order valence-electron chi connectivity index (χ3n) is 14.6. The van der Waals surface area contributed by atoms with Crippen molar-refractivity contribution in [3.8, 4) is 0 Å². The van der Waals surface area contributed by atoms with Crippen molar-refractivity contribution in [1.82, 2.24) is 0 Å². The van der Waals surface area contributed by atoms with Gasteiger partial charge in [-0.15, -0.1) is 0 Å². The van der Waals surface area contributed by atoms with Crippen molar-refractivity contribution in [2.75, 3.05) is 13.2 Å². The average molecular weight is 717 g/mol. The molecule has 2 saturated heterocycles. The van der Waals surface area contributed by atoms with Crippen molar-refractivity contribution in [2.24, 2.45) is 46.3 Å². The van der Waals surface area contributed by atoms with Crippen LogP contribution >= 0.6 is 0 Å². The third-order valence-corrected chi connectivity index (χ3v) is 14.6. The van der Waals surface area contributed by atoms with Crippen LogP contribution in [0, 0.1) is 46.3 Å². The van der Waals surface area contributed by atoms with E-state index < -0.39 is 73.1 Å². The van der Waals surface area contributed by atoms with Gasteiger partial charge in [-0.05, 0) is 91.8 Å². The van der Waals surface area contributed by atoms with Crippen LogP contribution in [0.2, 0.25) is 0 Å². The monoisotopic (exact) mass is 716 g/mol. The van der Waals surface area contributed by atoms with Gasteiger partial charge in [0.15, 0.2) is 12.6 Å². The zero-order chi connectivity index (χ0) is 36.5. The lowest BCUT2D eigenvalue weighted by Crippen LogP contribution is -2.68. The minimum Gasteiger partial charge on any atom is -0.393 e. The molecule has 0 amide bonds. The highest BCUT2D eigenvalue weighted by molar-refractivity contribution is 5.20. The van der Waals surface area contributed by atoms with Crippen LogP contribution in [0.3, 0.4) is 0 Å². The molecule has 9 N–H and O–H groups in total. The molecule has 6 rings (SSSR count). The Labute approximate surface area is 295 Å². The molecule has 0 aromatic heterocycles. The Bertz CT molecular complexity index is 1160. The standard InChI is InChI=1S/C37H64O13/c1-17(2)25(49-34-31(45)29(43)26(50-34)16-48-33-30(44)28(42)24(41)15-47-33)7-6-18(3)20-13-22(39)32-36(20,5)11-9-27-35(4)10-8-19(38)12-21(35)23(40)14-37(27,32)46/h17-34,38-46H,6-16H2,1-5H3/t18-,19+,20-,21-,22-,23+,24-,25+,26+,27-,28+,29+,30-,31-,32-,33+,34-,35+,36-,37+/m1/s1. The van der Waals surface area contributed by atoms with E-state index in [4.69, 9.17) is 18.9 Å². The fourth-order valence-corrected chi connectivity index (χ4v) is 11.8. The largest absolute Gasteiger partial charge is 0.393 e. The highest BCUT2D eigenvalue weighted by Crippen LogP contribution is 2.69. The lowest BCUT2D eigenvalue weighted by atomic mass is 9.42. The summed E-state index contributed by atoms with van der Waals surface area (Å²) in [5, 5.41) is 97.4. The molecule has 20 atom stereocenters. The fraction of sp³-hybridized carbons (Fsp3) is 1.00. The van der Waals surface area contributed by atoms with Gasteiger partial charge in [-0.1, -0.05) is 34.6 Å². The molecule has 50 heavy (non-hydrogen) atoms. The second-order valence-corrected chi connectivity index (χ2v) is 17.9. The molecular formula is C37H64O13. The number of fused-ring (bicyclic) bond motifs is 5. The zero-order valence-corrected chi connectivity index (χ0v) is 30.3. The molecule has 0 unspecified atom stereocenters. The van der Waals surface area contributed by atoms with Gasteiger partial charge in [-0.3, -0.25) is 0 Å². The van der Waals surface area contributed by atoms with Gasteiger partial charge in [0.25, 0.3) is 0 Å². The molecule has 2 heterocycles. The van der Waals surface area contributed by atoms with E-state index >= 15 is 0 Å². The van der Waals surface area contributed by atoms with Crippen LogP contribution in [-0.4, -0.2) is 138 Å². The Morgan fingerprint density at radius 1 is 0.760 bits per heavy atom. The molecule has 290 valence electrons. The molecule has 0 aromatic rings. The summed E-state index contributed by atoms with van der Waals surface area (Å²) in [6, 6.07) is 0. The van der Waals surface area contributed by atoms with E-state index in [9.17, 15) is 46.0 Å². The predicted molar refractivity (Wildman–Crippen MR) is 178 cm³/mol. The number of aliphatic hydroxyl groups is 9. The molecule has 6 aliphatic rings. The Morgan fingerprint density at radius 3 is 2.14 bits per heavy atom. The molecular weight excluding hydrogens is 652 g/mol. The Hall–Kier alpha value is -0.520. The summed E-state index contributed by atoms with van der Waals surface area (Å²) in [7, 11) is 0. The fourth-order valence-electron chi connectivity index (χ4n) is 11.8. The van der Waals surface area contributed by atoms with E-state index in [1.54, 1.807) is 0 Å². The summed E-state index contributed by atoms with van der Waals surface area (Å²) < 4.78 is 23.0. The van der Waals surface area contributed by atoms with Crippen LogP contribution in [0.5, 0.6) is 0 Å². The van der Waals surface area contributed by atoms with Gasteiger partial charge in [-0.25, -0.2) is 0 Å². The van der Waals surface area contributed by atoms with Crippen LogP contribution in [-0.2, 0) is 18.9 Å². The SMILES string of the molecule is CC(C)[C@H](CC[C@@H](C)[C@H]1C[C@@H](O)[C@@H]2[C@]1(C)CC[C@@H]1[C@@]3(C)CC[C@H](O)C[C@@H]3[C@@H](O)C[C@]12O)O[C@@H]1O[C@@H](CO[C@@H]2OC[C@@H](O)[C@H](O)[C@H]2O)[C@H](O)[C@H]1O. The van der Waals surface area contributed by atoms with Crippen molar-refractivity contribution in [3.63, 3.8) is 0 Å². The maximum atomic E-state index is 12.6. The van der Waals surface area contributed by atoms with Crippen molar-refractivity contribution in [3.05, 3.63) is 0 Å². The molecule has 6 fully saturated rings. The van der Waals surface area contributed by atoms with E-state index in [-0.39, 0.29) is 72.1 Å². The first-order valence-electron chi connectivity index (χ1n) is 19.1. The lowest BCUT2D eigenvalue weighted by molar-refractivity contribution is -0.279. The van der Waals surface area contributed by atoms with Gasteiger partial charge in [0, 0.05) is 12.3 Å². The third kappa shape index (κ3) is 6.73. The van der Waals surface area contributed by atoms with Crippen molar-refractivity contribution < 1.29 is 64.9 Å². The predicted octanol–water partition coefficient (Wildman–Crippen LogP) is 0.423. The van der Waals surface area contributed by atoms with Crippen molar-refractivity contribution in [2.45, 2.75) is 172 Å². The Kier molecular flexibility index (Phi) is 11.5. The number of hydrogen-bond acceptors (Lipinski definition) is 13. The smallest absolute Gasteiger partial charge is 0.186 e.